The maximum atomic E-state index is 10.4. The molecular weight excluding hydrogens is 290 g/mol. The van der Waals surface area contributed by atoms with E-state index in [0.29, 0.717) is 5.92 Å². The van der Waals surface area contributed by atoms with Gasteiger partial charge >= 0.3 is 0 Å². The van der Waals surface area contributed by atoms with Crippen LogP contribution in [0.25, 0.3) is 0 Å². The van der Waals surface area contributed by atoms with Gasteiger partial charge in [-0.3, -0.25) is 0 Å². The highest BCUT2D eigenvalue weighted by Crippen LogP contribution is 2.48. The minimum absolute atomic E-state index is 0.0593. The summed E-state index contributed by atoms with van der Waals surface area (Å²) >= 11 is 0. The van der Waals surface area contributed by atoms with Crippen molar-refractivity contribution >= 4 is 0 Å². The van der Waals surface area contributed by atoms with Gasteiger partial charge in [0.1, 0.15) is 0 Å². The summed E-state index contributed by atoms with van der Waals surface area (Å²) < 4.78 is 3.99. The van der Waals surface area contributed by atoms with E-state index in [2.05, 4.69) is 11.9 Å². The van der Waals surface area contributed by atoms with Gasteiger partial charge in [0.15, 0.2) is 5.75 Å². The molecule has 0 saturated heterocycles. The van der Waals surface area contributed by atoms with Crippen molar-refractivity contribution in [3.63, 3.8) is 0 Å². The molecular formula is C18H27N3O2. The predicted molar refractivity (Wildman–Crippen MR) is 89.8 cm³/mol. The third-order valence-corrected chi connectivity index (χ3v) is 4.70. The minimum atomic E-state index is 0.0593. The number of nitrogens with zero attached hydrogens (tertiary/aromatic N) is 3. The van der Waals surface area contributed by atoms with E-state index >= 15 is 0 Å². The van der Waals surface area contributed by atoms with Crippen LogP contribution in [0.5, 0.6) is 11.6 Å². The van der Waals surface area contributed by atoms with E-state index in [-0.39, 0.29) is 11.6 Å². The van der Waals surface area contributed by atoms with E-state index in [1.165, 1.54) is 18.5 Å². The summed E-state index contributed by atoms with van der Waals surface area (Å²) in [5.74, 6) is 0.696. The fourth-order valence-electron chi connectivity index (χ4n) is 3.34. The molecule has 2 heterocycles. The number of imidazole rings is 1. The van der Waals surface area contributed by atoms with Gasteiger partial charge in [0, 0.05) is 36.7 Å². The van der Waals surface area contributed by atoms with E-state index in [0.717, 1.165) is 50.8 Å². The van der Waals surface area contributed by atoms with Gasteiger partial charge in [0.05, 0.1) is 6.33 Å². The van der Waals surface area contributed by atoms with Crippen LogP contribution in [-0.2, 0) is 19.5 Å². The lowest BCUT2D eigenvalue weighted by atomic mass is 10.0. The summed E-state index contributed by atoms with van der Waals surface area (Å²) in [7, 11) is 0. The Bertz CT molecular complexity index is 627. The van der Waals surface area contributed by atoms with Gasteiger partial charge in [-0.2, -0.15) is 0 Å². The van der Waals surface area contributed by atoms with Crippen molar-refractivity contribution in [1.29, 1.82) is 0 Å². The molecule has 1 saturated carbocycles. The Morgan fingerprint density at radius 1 is 1.17 bits per heavy atom. The molecule has 0 aliphatic heterocycles. The Morgan fingerprint density at radius 3 is 2.65 bits per heavy atom. The molecule has 0 amide bonds. The molecule has 2 N–H and O–H groups in total. The van der Waals surface area contributed by atoms with E-state index in [9.17, 15) is 10.2 Å². The molecule has 23 heavy (non-hydrogen) atoms. The van der Waals surface area contributed by atoms with Crippen LogP contribution < -0.4 is 0 Å². The number of rotatable bonds is 9. The van der Waals surface area contributed by atoms with Gasteiger partial charge in [0.2, 0.25) is 5.88 Å². The highest BCUT2D eigenvalue weighted by Gasteiger charge is 2.33. The normalized spacial score (nSPS) is 14.5. The summed E-state index contributed by atoms with van der Waals surface area (Å²) in [4.78, 5) is 4.05. The summed E-state index contributed by atoms with van der Waals surface area (Å²) in [5.41, 5.74) is 2.17. The molecule has 126 valence electrons. The Balaban J connectivity index is 1.73. The molecule has 0 unspecified atom stereocenters. The van der Waals surface area contributed by atoms with Gasteiger partial charge in [-0.15, -0.1) is 0 Å². The van der Waals surface area contributed by atoms with Crippen LogP contribution in [0.1, 0.15) is 62.6 Å². The summed E-state index contributed by atoms with van der Waals surface area (Å²) in [6.07, 6.45) is 13.1. The molecule has 5 nitrogen and oxygen atoms in total. The van der Waals surface area contributed by atoms with Crippen LogP contribution in [0, 0.1) is 0 Å². The van der Waals surface area contributed by atoms with Crippen LogP contribution in [0.15, 0.2) is 18.7 Å². The molecule has 0 atom stereocenters. The van der Waals surface area contributed by atoms with Crippen LogP contribution in [0.2, 0.25) is 0 Å². The van der Waals surface area contributed by atoms with Crippen molar-refractivity contribution in [2.24, 2.45) is 0 Å². The Hall–Kier alpha value is -1.91. The highest BCUT2D eigenvalue weighted by atomic mass is 16.3. The van der Waals surface area contributed by atoms with Gasteiger partial charge in [-0.1, -0.05) is 19.8 Å². The molecule has 0 aromatic carbocycles. The molecule has 3 rings (SSSR count). The van der Waals surface area contributed by atoms with Crippen LogP contribution in [0.3, 0.4) is 0 Å². The molecule has 0 bridgehead atoms. The first kappa shape index (κ1) is 16.0. The van der Waals surface area contributed by atoms with E-state index in [1.807, 2.05) is 21.7 Å². The number of aromatic nitrogens is 3. The van der Waals surface area contributed by atoms with E-state index < -0.39 is 0 Å². The van der Waals surface area contributed by atoms with Gasteiger partial charge in [-0.25, -0.2) is 4.98 Å². The van der Waals surface area contributed by atoms with Crippen LogP contribution in [0.4, 0.5) is 0 Å². The second-order valence-electron chi connectivity index (χ2n) is 6.57. The fraction of sp³-hybridized carbons (Fsp3) is 0.611. The molecule has 2 aromatic heterocycles. The number of hydrogen-bond donors (Lipinski definition) is 2. The zero-order valence-electron chi connectivity index (χ0n) is 13.9. The van der Waals surface area contributed by atoms with Crippen molar-refractivity contribution in [2.75, 3.05) is 0 Å². The van der Waals surface area contributed by atoms with Gasteiger partial charge in [0.25, 0.3) is 0 Å². The second-order valence-corrected chi connectivity index (χ2v) is 6.57. The topological polar surface area (TPSA) is 63.2 Å². The lowest BCUT2D eigenvalue weighted by Gasteiger charge is -2.11. The second kappa shape index (κ2) is 7.11. The molecule has 0 spiro atoms. The standard InChI is InChI=1S/C18H27N3O2/c1-2-3-4-6-15-16(14-7-8-14)21(18(23)17(15)22)11-5-10-20-12-9-19-13-20/h9,12-14,22-23H,2-8,10-11H2,1H3. The SMILES string of the molecule is CCCCCc1c(O)c(O)n(CCCn2ccnc2)c1C1CC1. The summed E-state index contributed by atoms with van der Waals surface area (Å²) in [6.45, 7) is 3.78. The van der Waals surface area contributed by atoms with Crippen molar-refractivity contribution in [2.45, 2.75) is 70.9 Å². The largest absolute Gasteiger partial charge is 0.503 e. The van der Waals surface area contributed by atoms with Crippen molar-refractivity contribution in [3.05, 3.63) is 30.0 Å². The van der Waals surface area contributed by atoms with Crippen molar-refractivity contribution < 1.29 is 10.2 Å². The van der Waals surface area contributed by atoms with E-state index in [4.69, 9.17) is 0 Å². The predicted octanol–water partition coefficient (Wildman–Crippen LogP) is 3.80. The molecule has 0 radical (unpaired) electrons. The average molecular weight is 317 g/mol. The quantitative estimate of drug-likeness (QED) is 0.692. The Labute approximate surface area is 137 Å². The zero-order chi connectivity index (χ0) is 16.2. The Morgan fingerprint density at radius 2 is 2.00 bits per heavy atom. The maximum Gasteiger partial charge on any atom is 0.235 e. The number of hydrogen-bond acceptors (Lipinski definition) is 3. The summed E-state index contributed by atoms with van der Waals surface area (Å²) in [5, 5.41) is 20.8. The molecule has 1 aliphatic carbocycles. The molecule has 2 aromatic rings. The van der Waals surface area contributed by atoms with Gasteiger partial charge in [-0.05, 0) is 38.0 Å². The number of aryl methyl sites for hydroxylation is 1. The third-order valence-electron chi connectivity index (χ3n) is 4.70. The first-order valence-corrected chi connectivity index (χ1v) is 8.81. The first-order valence-electron chi connectivity index (χ1n) is 8.81. The number of unbranched alkanes of at least 4 members (excludes halogenated alkanes) is 2. The smallest absolute Gasteiger partial charge is 0.235 e. The number of aromatic hydroxyl groups is 2. The van der Waals surface area contributed by atoms with Crippen LogP contribution >= 0.6 is 0 Å². The summed E-state index contributed by atoms with van der Waals surface area (Å²) in [6, 6.07) is 0. The van der Waals surface area contributed by atoms with E-state index in [1.54, 1.807) is 6.20 Å². The minimum Gasteiger partial charge on any atom is -0.503 e. The van der Waals surface area contributed by atoms with Crippen molar-refractivity contribution in [3.8, 4) is 11.6 Å². The lowest BCUT2D eigenvalue weighted by Crippen LogP contribution is -2.06. The molecule has 5 heteroatoms. The monoisotopic (exact) mass is 317 g/mol. The third kappa shape index (κ3) is 3.54. The van der Waals surface area contributed by atoms with Crippen LogP contribution in [-0.4, -0.2) is 24.3 Å². The molecule has 1 fully saturated rings. The van der Waals surface area contributed by atoms with Gasteiger partial charge < -0.3 is 19.3 Å². The fourth-order valence-corrected chi connectivity index (χ4v) is 3.34. The lowest BCUT2D eigenvalue weighted by molar-refractivity contribution is 0.364. The maximum absolute atomic E-state index is 10.4. The highest BCUT2D eigenvalue weighted by molar-refractivity contribution is 5.49. The average Bonchev–Trinajstić information content (AvgIpc) is 3.20. The molecule has 1 aliphatic rings. The zero-order valence-corrected chi connectivity index (χ0v) is 13.9. The first-order chi connectivity index (χ1) is 11.2. The Kier molecular flexibility index (Phi) is 4.94. The van der Waals surface area contributed by atoms with Crippen molar-refractivity contribution in [1.82, 2.24) is 14.1 Å².